The zero-order valence-electron chi connectivity index (χ0n) is 12.0. The molecule has 1 fully saturated rings. The molecule has 0 atom stereocenters. The van der Waals surface area contributed by atoms with E-state index in [0.717, 1.165) is 18.4 Å². The molecule has 1 aromatic heterocycles. The number of nitrogens with one attached hydrogen (secondary N) is 1. The standard InChI is InChI=1S/C16H16N2O3/c1-9-3-4-12(10(2)19)7-13(9)17-15(20)14-8-21-16(18-14)11-5-6-11/h3-4,7-8,11H,5-6H2,1-2H3,(H,17,20). The third kappa shape index (κ3) is 2.86. The van der Waals surface area contributed by atoms with Crippen LogP contribution >= 0.6 is 0 Å². The molecular weight excluding hydrogens is 268 g/mol. The van der Waals surface area contributed by atoms with Crippen molar-refractivity contribution < 1.29 is 14.0 Å². The van der Waals surface area contributed by atoms with Crippen molar-refractivity contribution in [3.8, 4) is 0 Å². The second kappa shape index (κ2) is 5.16. The van der Waals surface area contributed by atoms with Crippen LogP contribution in [0.5, 0.6) is 0 Å². The van der Waals surface area contributed by atoms with Crippen molar-refractivity contribution in [1.82, 2.24) is 4.98 Å². The molecule has 108 valence electrons. The highest BCUT2D eigenvalue weighted by atomic mass is 16.3. The molecule has 1 saturated carbocycles. The van der Waals surface area contributed by atoms with Crippen LogP contribution in [-0.4, -0.2) is 16.7 Å². The summed E-state index contributed by atoms with van der Waals surface area (Å²) in [5, 5.41) is 2.78. The highest BCUT2D eigenvalue weighted by molar-refractivity contribution is 6.04. The third-order valence-corrected chi connectivity index (χ3v) is 3.57. The molecule has 5 heteroatoms. The van der Waals surface area contributed by atoms with Crippen molar-refractivity contribution in [2.45, 2.75) is 32.6 Å². The number of Topliss-reactive ketones (excluding diaryl/α,β-unsaturated/α-hetero) is 1. The monoisotopic (exact) mass is 284 g/mol. The lowest BCUT2D eigenvalue weighted by molar-refractivity contribution is 0.100. The van der Waals surface area contributed by atoms with Crippen LogP contribution in [0.4, 0.5) is 5.69 Å². The Morgan fingerprint density at radius 2 is 2.10 bits per heavy atom. The Morgan fingerprint density at radius 3 is 2.76 bits per heavy atom. The first-order valence-electron chi connectivity index (χ1n) is 6.93. The van der Waals surface area contributed by atoms with E-state index in [1.165, 1.54) is 13.2 Å². The van der Waals surface area contributed by atoms with Crippen LogP contribution in [-0.2, 0) is 0 Å². The van der Waals surface area contributed by atoms with E-state index in [9.17, 15) is 9.59 Å². The molecule has 1 aliphatic rings. The third-order valence-electron chi connectivity index (χ3n) is 3.57. The minimum Gasteiger partial charge on any atom is -0.448 e. The normalized spacial score (nSPS) is 14.0. The molecule has 3 rings (SSSR count). The van der Waals surface area contributed by atoms with E-state index in [2.05, 4.69) is 10.3 Å². The molecule has 2 aromatic rings. The van der Waals surface area contributed by atoms with Crippen LogP contribution in [0.15, 0.2) is 28.9 Å². The number of carbonyl (C=O) groups is 2. The van der Waals surface area contributed by atoms with E-state index in [1.54, 1.807) is 12.1 Å². The molecule has 0 spiro atoms. The number of anilines is 1. The fraction of sp³-hybridized carbons (Fsp3) is 0.312. The summed E-state index contributed by atoms with van der Waals surface area (Å²) in [4.78, 5) is 27.8. The van der Waals surface area contributed by atoms with Crippen LogP contribution < -0.4 is 5.32 Å². The van der Waals surface area contributed by atoms with Gasteiger partial charge in [-0.2, -0.15) is 0 Å². The van der Waals surface area contributed by atoms with E-state index in [4.69, 9.17) is 4.42 Å². The van der Waals surface area contributed by atoms with Crippen molar-refractivity contribution in [2.24, 2.45) is 0 Å². The van der Waals surface area contributed by atoms with Crippen molar-refractivity contribution in [3.05, 3.63) is 47.2 Å². The highest BCUT2D eigenvalue weighted by Crippen LogP contribution is 2.39. The Labute approximate surface area is 122 Å². The number of amides is 1. The van der Waals surface area contributed by atoms with Crippen molar-refractivity contribution in [3.63, 3.8) is 0 Å². The topological polar surface area (TPSA) is 72.2 Å². The molecule has 5 nitrogen and oxygen atoms in total. The number of ketones is 1. The van der Waals surface area contributed by atoms with Gasteiger partial charge >= 0.3 is 0 Å². The van der Waals surface area contributed by atoms with Gasteiger partial charge in [-0.1, -0.05) is 12.1 Å². The lowest BCUT2D eigenvalue weighted by Crippen LogP contribution is -2.13. The molecule has 21 heavy (non-hydrogen) atoms. The zero-order valence-corrected chi connectivity index (χ0v) is 12.0. The van der Waals surface area contributed by atoms with Crippen LogP contribution in [0.1, 0.15) is 58.0 Å². The number of oxazole rings is 1. The zero-order chi connectivity index (χ0) is 15.0. The summed E-state index contributed by atoms with van der Waals surface area (Å²) in [5.41, 5.74) is 2.34. The van der Waals surface area contributed by atoms with Crippen LogP contribution in [0.3, 0.4) is 0 Å². The minimum atomic E-state index is -0.325. The van der Waals surface area contributed by atoms with Crippen molar-refractivity contribution >= 4 is 17.4 Å². The molecule has 1 N–H and O–H groups in total. The van der Waals surface area contributed by atoms with Gasteiger partial charge in [-0.25, -0.2) is 4.98 Å². The van der Waals surface area contributed by atoms with E-state index in [1.807, 2.05) is 13.0 Å². The number of hydrogen-bond acceptors (Lipinski definition) is 4. The summed E-state index contributed by atoms with van der Waals surface area (Å²) in [7, 11) is 0. The summed E-state index contributed by atoms with van der Waals surface area (Å²) < 4.78 is 5.31. The van der Waals surface area contributed by atoms with E-state index in [-0.39, 0.29) is 17.4 Å². The Kier molecular flexibility index (Phi) is 3.33. The fourth-order valence-electron chi connectivity index (χ4n) is 2.07. The number of rotatable bonds is 4. The summed E-state index contributed by atoms with van der Waals surface area (Å²) in [6.07, 6.45) is 3.52. The first-order valence-corrected chi connectivity index (χ1v) is 6.93. The molecule has 0 saturated heterocycles. The van der Waals surface area contributed by atoms with E-state index < -0.39 is 0 Å². The largest absolute Gasteiger partial charge is 0.448 e. The van der Waals surface area contributed by atoms with E-state index in [0.29, 0.717) is 23.1 Å². The maximum Gasteiger partial charge on any atom is 0.277 e. The van der Waals surface area contributed by atoms with Gasteiger partial charge in [0.15, 0.2) is 17.4 Å². The van der Waals surface area contributed by atoms with Gasteiger partial charge in [-0.3, -0.25) is 9.59 Å². The van der Waals surface area contributed by atoms with Crippen molar-refractivity contribution in [1.29, 1.82) is 0 Å². The van der Waals surface area contributed by atoms with Gasteiger partial charge in [-0.15, -0.1) is 0 Å². The van der Waals surface area contributed by atoms with Gasteiger partial charge in [0.25, 0.3) is 5.91 Å². The Balaban J connectivity index is 1.79. The number of hydrogen-bond donors (Lipinski definition) is 1. The van der Waals surface area contributed by atoms with Crippen LogP contribution in [0, 0.1) is 6.92 Å². The summed E-state index contributed by atoms with van der Waals surface area (Å²) >= 11 is 0. The van der Waals surface area contributed by atoms with E-state index >= 15 is 0 Å². The number of nitrogens with zero attached hydrogens (tertiary/aromatic N) is 1. The second-order valence-corrected chi connectivity index (χ2v) is 5.39. The maximum atomic E-state index is 12.2. The quantitative estimate of drug-likeness (QED) is 0.874. The Hall–Kier alpha value is -2.43. The average Bonchev–Trinajstić information content (AvgIpc) is 3.18. The van der Waals surface area contributed by atoms with Gasteiger partial charge in [0.05, 0.1) is 0 Å². The molecular formula is C16H16N2O3. The molecule has 0 radical (unpaired) electrons. The van der Waals surface area contributed by atoms with Crippen LogP contribution in [0.2, 0.25) is 0 Å². The lowest BCUT2D eigenvalue weighted by atomic mass is 10.1. The summed E-state index contributed by atoms with van der Waals surface area (Å²) in [6, 6.07) is 5.23. The maximum absolute atomic E-state index is 12.2. The number of benzene rings is 1. The molecule has 0 aliphatic heterocycles. The first-order chi connectivity index (χ1) is 10.0. The average molecular weight is 284 g/mol. The lowest BCUT2D eigenvalue weighted by Gasteiger charge is -2.08. The minimum absolute atomic E-state index is 0.0389. The number of aryl methyl sites for hydroxylation is 1. The van der Waals surface area contributed by atoms with Gasteiger partial charge < -0.3 is 9.73 Å². The smallest absolute Gasteiger partial charge is 0.277 e. The second-order valence-electron chi connectivity index (χ2n) is 5.39. The Morgan fingerprint density at radius 1 is 1.33 bits per heavy atom. The highest BCUT2D eigenvalue weighted by Gasteiger charge is 2.29. The number of aromatic nitrogens is 1. The van der Waals surface area contributed by atoms with Gasteiger partial charge in [0.2, 0.25) is 0 Å². The predicted octanol–water partition coefficient (Wildman–Crippen LogP) is 3.32. The van der Waals surface area contributed by atoms with Crippen LogP contribution in [0.25, 0.3) is 0 Å². The first kappa shape index (κ1) is 13.5. The molecule has 0 bridgehead atoms. The molecule has 1 aromatic carbocycles. The molecule has 0 unspecified atom stereocenters. The van der Waals surface area contributed by atoms with Gasteiger partial charge in [0.1, 0.15) is 6.26 Å². The van der Waals surface area contributed by atoms with Gasteiger partial charge in [-0.05, 0) is 38.3 Å². The summed E-state index contributed by atoms with van der Waals surface area (Å²) in [6.45, 7) is 3.37. The van der Waals surface area contributed by atoms with Gasteiger partial charge in [0, 0.05) is 17.2 Å². The molecule has 1 amide bonds. The molecule has 1 aliphatic carbocycles. The summed E-state index contributed by atoms with van der Waals surface area (Å²) in [5.74, 6) is 0.640. The van der Waals surface area contributed by atoms with Crippen molar-refractivity contribution in [2.75, 3.05) is 5.32 Å². The fourth-order valence-corrected chi connectivity index (χ4v) is 2.07. The molecule has 1 heterocycles. The Bertz CT molecular complexity index is 714. The predicted molar refractivity (Wildman–Crippen MR) is 77.6 cm³/mol. The number of carbonyl (C=O) groups excluding carboxylic acids is 2. The SMILES string of the molecule is CC(=O)c1ccc(C)c(NC(=O)c2coc(C3CC3)n2)c1.